The molecule has 0 bridgehead atoms. The Labute approximate surface area is 106 Å². The van der Waals surface area contributed by atoms with Gasteiger partial charge in [0.25, 0.3) is 0 Å². The summed E-state index contributed by atoms with van der Waals surface area (Å²) < 4.78 is 0. The Morgan fingerprint density at radius 3 is 0.947 bits per heavy atom. The molecule has 0 aliphatic carbocycles. The van der Waals surface area contributed by atoms with Gasteiger partial charge in [-0.15, -0.1) is 0 Å². The van der Waals surface area contributed by atoms with E-state index in [-0.39, 0.29) is 0 Å². The van der Waals surface area contributed by atoms with E-state index in [1.54, 1.807) is 0 Å². The lowest BCUT2D eigenvalue weighted by Gasteiger charge is -2.14. The first-order valence-corrected chi connectivity index (χ1v) is 4.63. The summed E-state index contributed by atoms with van der Waals surface area (Å²) in [5.74, 6) is -7.97. The molecule has 104 valence electrons. The predicted molar refractivity (Wildman–Crippen MR) is 52.2 cm³/mol. The van der Waals surface area contributed by atoms with Crippen molar-refractivity contribution in [1.82, 2.24) is 5.39 Å². The zero-order chi connectivity index (χ0) is 15.2. The standard InChI is InChI=1S/C9H9NO9/c1-4(11)7(14)17-10(18-8(15)5(2)12)19-9(16)6(3)13/h1-3H3. The molecule has 0 saturated heterocycles. The van der Waals surface area contributed by atoms with Gasteiger partial charge in [-0.1, -0.05) is 0 Å². The second-order valence-corrected chi connectivity index (χ2v) is 3.03. The Balaban J connectivity index is 4.82. The normalized spacial score (nSPS) is 9.47. The van der Waals surface area contributed by atoms with Crippen LogP contribution in [0.5, 0.6) is 0 Å². The molecule has 0 fully saturated rings. The molecule has 0 atom stereocenters. The van der Waals surface area contributed by atoms with E-state index in [0.717, 1.165) is 20.8 Å². The van der Waals surface area contributed by atoms with Crippen molar-refractivity contribution in [3.05, 3.63) is 0 Å². The minimum Gasteiger partial charge on any atom is -0.292 e. The number of carbonyl (C=O) groups is 6. The molecule has 0 N–H and O–H groups in total. The number of hydrogen-bond donors (Lipinski definition) is 0. The Morgan fingerprint density at radius 2 is 0.789 bits per heavy atom. The van der Waals surface area contributed by atoms with E-state index in [9.17, 15) is 28.8 Å². The maximum absolute atomic E-state index is 10.9. The maximum Gasteiger partial charge on any atom is 0.399 e. The first-order chi connectivity index (χ1) is 8.65. The Kier molecular flexibility index (Phi) is 6.00. The zero-order valence-electron chi connectivity index (χ0n) is 10.1. The fraction of sp³-hybridized carbons (Fsp3) is 0.333. The summed E-state index contributed by atoms with van der Waals surface area (Å²) in [6.45, 7) is 2.46. The summed E-state index contributed by atoms with van der Waals surface area (Å²) in [6.07, 6.45) is 0. The number of Topliss-reactive ketones (excluding diaryl/α,β-unsaturated/α-hetero) is 3. The number of carbonyl (C=O) groups excluding carboxylic acids is 6. The number of rotatable bonds is 6. The average Bonchev–Trinajstić information content (AvgIpc) is 2.27. The van der Waals surface area contributed by atoms with Gasteiger partial charge in [-0.25, -0.2) is 14.4 Å². The molecule has 10 nitrogen and oxygen atoms in total. The van der Waals surface area contributed by atoms with Crippen LogP contribution in [0.3, 0.4) is 0 Å². The highest BCUT2D eigenvalue weighted by molar-refractivity contribution is 6.33. The van der Waals surface area contributed by atoms with E-state index in [1.807, 2.05) is 0 Å². The molecule has 0 rings (SSSR count). The molecule has 0 radical (unpaired) electrons. The average molecular weight is 275 g/mol. The number of hydrogen-bond acceptors (Lipinski definition) is 10. The molecule has 19 heavy (non-hydrogen) atoms. The van der Waals surface area contributed by atoms with Crippen LogP contribution in [0.4, 0.5) is 0 Å². The Morgan fingerprint density at radius 1 is 0.579 bits per heavy atom. The summed E-state index contributed by atoms with van der Waals surface area (Å²) in [6, 6.07) is 0. The smallest absolute Gasteiger partial charge is 0.292 e. The third-order valence-corrected chi connectivity index (χ3v) is 1.33. The summed E-state index contributed by atoms with van der Waals surface area (Å²) in [4.78, 5) is 76.5. The van der Waals surface area contributed by atoms with Crippen LogP contribution in [0, 0.1) is 0 Å². The molecular formula is C9H9NO9. The molecule has 0 saturated carbocycles. The third kappa shape index (κ3) is 6.02. The lowest BCUT2D eigenvalue weighted by molar-refractivity contribution is -0.460. The van der Waals surface area contributed by atoms with Gasteiger partial charge in [-0.3, -0.25) is 28.9 Å². The quantitative estimate of drug-likeness (QED) is 0.413. The first-order valence-electron chi connectivity index (χ1n) is 4.63. The highest BCUT2D eigenvalue weighted by Crippen LogP contribution is 1.99. The maximum atomic E-state index is 10.9. The van der Waals surface area contributed by atoms with Crippen LogP contribution < -0.4 is 0 Å². The number of nitrogens with zero attached hydrogens (tertiary/aromatic N) is 1. The van der Waals surface area contributed by atoms with Crippen LogP contribution in [-0.2, 0) is 43.3 Å². The molecule has 0 spiro atoms. The molecule has 0 unspecified atom stereocenters. The van der Waals surface area contributed by atoms with Crippen LogP contribution in [0.15, 0.2) is 0 Å². The van der Waals surface area contributed by atoms with Gasteiger partial charge in [0, 0.05) is 20.8 Å². The molecule has 0 aliphatic heterocycles. The monoisotopic (exact) mass is 275 g/mol. The lowest BCUT2D eigenvalue weighted by atomic mass is 10.5. The van der Waals surface area contributed by atoms with Gasteiger partial charge in [0.05, 0.1) is 0 Å². The lowest BCUT2D eigenvalue weighted by Crippen LogP contribution is -2.37. The van der Waals surface area contributed by atoms with Gasteiger partial charge in [0.1, 0.15) is 0 Å². The highest BCUT2D eigenvalue weighted by atomic mass is 17.2. The van der Waals surface area contributed by atoms with Crippen molar-refractivity contribution >= 4 is 35.3 Å². The van der Waals surface area contributed by atoms with Crippen LogP contribution >= 0.6 is 0 Å². The van der Waals surface area contributed by atoms with Crippen LogP contribution in [-0.4, -0.2) is 40.6 Å². The van der Waals surface area contributed by atoms with Crippen molar-refractivity contribution in [2.45, 2.75) is 20.8 Å². The van der Waals surface area contributed by atoms with E-state index in [4.69, 9.17) is 0 Å². The van der Waals surface area contributed by atoms with Crippen LogP contribution in [0.2, 0.25) is 0 Å². The van der Waals surface area contributed by atoms with Gasteiger partial charge in [-0.2, -0.15) is 0 Å². The molecule has 0 aromatic heterocycles. The number of ketones is 3. The summed E-state index contributed by atoms with van der Waals surface area (Å²) in [5, 5.41) is -0.489. The Hall–Kier alpha value is -2.62. The Bertz CT molecular complexity index is 386. The van der Waals surface area contributed by atoms with E-state index >= 15 is 0 Å². The van der Waals surface area contributed by atoms with Crippen LogP contribution in [0.1, 0.15) is 20.8 Å². The van der Waals surface area contributed by atoms with Crippen molar-refractivity contribution in [3.63, 3.8) is 0 Å². The predicted octanol–water partition coefficient (Wildman–Crippen LogP) is -1.57. The molecule has 0 amide bonds. The fourth-order valence-corrected chi connectivity index (χ4v) is 0.452. The van der Waals surface area contributed by atoms with E-state index in [2.05, 4.69) is 14.5 Å². The van der Waals surface area contributed by atoms with Gasteiger partial charge >= 0.3 is 17.9 Å². The minimum atomic E-state index is -1.55. The fourth-order valence-electron chi connectivity index (χ4n) is 0.452. The SMILES string of the molecule is CC(=O)C(=O)ON(OC(=O)C(C)=O)OC(=O)C(C)=O. The first kappa shape index (κ1) is 16.4. The van der Waals surface area contributed by atoms with Crippen molar-refractivity contribution in [1.29, 1.82) is 0 Å². The van der Waals surface area contributed by atoms with E-state index in [0.29, 0.717) is 0 Å². The van der Waals surface area contributed by atoms with Crippen LogP contribution in [0.25, 0.3) is 0 Å². The summed E-state index contributed by atoms with van der Waals surface area (Å²) in [5.41, 5.74) is 0. The molecule has 0 heterocycles. The van der Waals surface area contributed by atoms with Gasteiger partial charge in [0.2, 0.25) is 22.7 Å². The third-order valence-electron chi connectivity index (χ3n) is 1.33. The van der Waals surface area contributed by atoms with Crippen molar-refractivity contribution in [3.8, 4) is 0 Å². The molecule has 0 aliphatic rings. The van der Waals surface area contributed by atoms with Crippen molar-refractivity contribution < 1.29 is 43.3 Å². The van der Waals surface area contributed by atoms with E-state index < -0.39 is 40.6 Å². The summed E-state index contributed by atoms with van der Waals surface area (Å²) in [7, 11) is 0. The zero-order valence-corrected chi connectivity index (χ0v) is 10.1. The van der Waals surface area contributed by atoms with E-state index in [1.165, 1.54) is 0 Å². The van der Waals surface area contributed by atoms with Gasteiger partial charge in [0.15, 0.2) is 0 Å². The topological polar surface area (TPSA) is 133 Å². The summed E-state index contributed by atoms with van der Waals surface area (Å²) >= 11 is 0. The molecular weight excluding hydrogens is 266 g/mol. The largest absolute Gasteiger partial charge is 0.399 e. The second kappa shape index (κ2) is 6.96. The van der Waals surface area contributed by atoms with Crippen molar-refractivity contribution in [2.75, 3.05) is 0 Å². The van der Waals surface area contributed by atoms with Crippen molar-refractivity contribution in [2.24, 2.45) is 0 Å². The van der Waals surface area contributed by atoms with Gasteiger partial charge < -0.3 is 0 Å². The molecule has 10 heteroatoms. The molecule has 0 aromatic rings. The molecule has 0 aromatic carbocycles. The minimum absolute atomic E-state index is 0.489. The second-order valence-electron chi connectivity index (χ2n) is 3.03. The van der Waals surface area contributed by atoms with Gasteiger partial charge in [-0.05, 0) is 0 Å². The highest BCUT2D eigenvalue weighted by Gasteiger charge is 2.27.